The van der Waals surface area contributed by atoms with Crippen LogP contribution in [0.25, 0.3) is 0 Å². The summed E-state index contributed by atoms with van der Waals surface area (Å²) in [5, 5.41) is 0.711. The maximum atomic E-state index is 6.20. The van der Waals surface area contributed by atoms with Gasteiger partial charge in [0.15, 0.2) is 5.96 Å². The van der Waals surface area contributed by atoms with Crippen molar-refractivity contribution >= 4 is 39.2 Å². The van der Waals surface area contributed by atoms with E-state index >= 15 is 0 Å². The first-order valence-electron chi connectivity index (χ1n) is 6.93. The third-order valence-electron chi connectivity index (χ3n) is 4.97. The zero-order valence-electron chi connectivity index (χ0n) is 11.8. The second-order valence-corrected chi connectivity index (χ2v) is 7.64. The molecule has 0 amide bonds. The molecule has 1 unspecified atom stereocenters. The highest BCUT2D eigenvalue weighted by Crippen LogP contribution is 2.53. The van der Waals surface area contributed by atoms with E-state index < -0.39 is 0 Å². The number of anilines is 1. The first-order chi connectivity index (χ1) is 9.37. The van der Waals surface area contributed by atoms with E-state index in [0.29, 0.717) is 11.0 Å². The number of aliphatic imine (C=N–C) groups is 1. The van der Waals surface area contributed by atoms with Gasteiger partial charge in [0.1, 0.15) is 0 Å². The van der Waals surface area contributed by atoms with E-state index in [1.165, 1.54) is 12.8 Å². The Bertz CT molecular complexity index is 584. The van der Waals surface area contributed by atoms with Crippen LogP contribution >= 0.6 is 27.5 Å². The molecule has 1 aliphatic carbocycles. The highest BCUT2D eigenvalue weighted by molar-refractivity contribution is 9.10. The molecule has 2 N–H and O–H groups in total. The van der Waals surface area contributed by atoms with Gasteiger partial charge in [0.2, 0.25) is 0 Å². The van der Waals surface area contributed by atoms with Crippen LogP contribution in [-0.2, 0) is 0 Å². The fourth-order valence-corrected chi connectivity index (χ4v) is 4.16. The number of hydrogen-bond donors (Lipinski definition) is 1. The Balaban J connectivity index is 2.09. The zero-order valence-corrected chi connectivity index (χ0v) is 14.1. The van der Waals surface area contributed by atoms with Gasteiger partial charge in [-0.1, -0.05) is 31.9 Å². The van der Waals surface area contributed by atoms with Gasteiger partial charge in [-0.15, -0.1) is 0 Å². The Labute approximate surface area is 133 Å². The smallest absolute Gasteiger partial charge is 0.196 e. The lowest BCUT2D eigenvalue weighted by Gasteiger charge is -2.45. The summed E-state index contributed by atoms with van der Waals surface area (Å²) in [6.07, 6.45) is 3.56. The molecule has 0 saturated heterocycles. The number of hydrogen-bond acceptors (Lipinski definition) is 3. The summed E-state index contributed by atoms with van der Waals surface area (Å²) in [4.78, 5) is 6.77. The largest absolute Gasteiger partial charge is 0.369 e. The van der Waals surface area contributed by atoms with Crippen LogP contribution in [0.15, 0.2) is 27.7 Å². The van der Waals surface area contributed by atoms with Crippen LogP contribution in [0.4, 0.5) is 5.69 Å². The molecule has 1 atom stereocenters. The standard InChI is InChI=1S/C15H19BrClN3/c1-14(2)6-3-7-15(14)9-19-13(18)20(15)10-4-5-12(17)11(16)8-10/h4-5,8H,3,6-7,9H2,1-2H3,(H2,18,19). The van der Waals surface area contributed by atoms with Crippen molar-refractivity contribution in [2.75, 3.05) is 11.4 Å². The number of guanidine groups is 1. The zero-order chi connectivity index (χ0) is 14.5. The summed E-state index contributed by atoms with van der Waals surface area (Å²) < 4.78 is 0.891. The Morgan fingerprint density at radius 3 is 2.70 bits per heavy atom. The van der Waals surface area contributed by atoms with E-state index in [9.17, 15) is 0 Å². The van der Waals surface area contributed by atoms with Crippen molar-refractivity contribution in [1.29, 1.82) is 0 Å². The number of rotatable bonds is 1. The van der Waals surface area contributed by atoms with Crippen LogP contribution in [0.3, 0.4) is 0 Å². The molecule has 1 aliphatic heterocycles. The first kappa shape index (κ1) is 14.2. The van der Waals surface area contributed by atoms with Crippen molar-refractivity contribution in [2.24, 2.45) is 16.1 Å². The van der Waals surface area contributed by atoms with Gasteiger partial charge < -0.3 is 10.6 Å². The Morgan fingerprint density at radius 1 is 1.35 bits per heavy atom. The maximum absolute atomic E-state index is 6.20. The van der Waals surface area contributed by atoms with Crippen molar-refractivity contribution in [3.8, 4) is 0 Å². The van der Waals surface area contributed by atoms with E-state index in [-0.39, 0.29) is 11.0 Å². The minimum Gasteiger partial charge on any atom is -0.369 e. The average Bonchev–Trinajstić information content (AvgIpc) is 2.86. The van der Waals surface area contributed by atoms with E-state index in [2.05, 4.69) is 39.7 Å². The molecule has 1 aromatic rings. The molecule has 20 heavy (non-hydrogen) atoms. The molecule has 1 aromatic carbocycles. The molecule has 3 rings (SSSR count). The van der Waals surface area contributed by atoms with Gasteiger partial charge >= 0.3 is 0 Å². The van der Waals surface area contributed by atoms with Gasteiger partial charge in [0.25, 0.3) is 0 Å². The van der Waals surface area contributed by atoms with Crippen molar-refractivity contribution < 1.29 is 0 Å². The maximum Gasteiger partial charge on any atom is 0.196 e. The van der Waals surface area contributed by atoms with Gasteiger partial charge in [0.05, 0.1) is 17.1 Å². The molecule has 108 valence electrons. The quantitative estimate of drug-likeness (QED) is 0.820. The lowest BCUT2D eigenvalue weighted by Crippen LogP contribution is -2.57. The van der Waals surface area contributed by atoms with Gasteiger partial charge in [-0.2, -0.15) is 0 Å². The molecule has 0 bridgehead atoms. The summed E-state index contributed by atoms with van der Waals surface area (Å²) in [5.74, 6) is 0.620. The topological polar surface area (TPSA) is 41.6 Å². The van der Waals surface area contributed by atoms with Crippen molar-refractivity contribution in [3.05, 3.63) is 27.7 Å². The van der Waals surface area contributed by atoms with Gasteiger partial charge in [-0.25, -0.2) is 0 Å². The Hall–Kier alpha value is -0.740. The average molecular weight is 357 g/mol. The van der Waals surface area contributed by atoms with Crippen LogP contribution in [0.2, 0.25) is 5.02 Å². The molecule has 5 heteroatoms. The Morgan fingerprint density at radius 2 is 2.10 bits per heavy atom. The van der Waals surface area contributed by atoms with Gasteiger partial charge in [-0.3, -0.25) is 4.99 Å². The SMILES string of the molecule is CC1(C)CCCC12CN=C(N)N2c1ccc(Cl)c(Br)c1. The molecule has 0 aromatic heterocycles. The van der Waals surface area contributed by atoms with E-state index in [0.717, 1.165) is 23.1 Å². The van der Waals surface area contributed by atoms with Crippen LogP contribution in [0, 0.1) is 5.41 Å². The van der Waals surface area contributed by atoms with Crippen molar-refractivity contribution in [1.82, 2.24) is 0 Å². The second-order valence-electron chi connectivity index (χ2n) is 6.38. The number of benzene rings is 1. The highest BCUT2D eigenvalue weighted by atomic mass is 79.9. The van der Waals surface area contributed by atoms with Crippen LogP contribution in [-0.4, -0.2) is 18.0 Å². The number of halogens is 2. The molecular formula is C15H19BrClN3. The summed E-state index contributed by atoms with van der Waals surface area (Å²) in [5.41, 5.74) is 7.47. The van der Waals surface area contributed by atoms with E-state index in [1.807, 2.05) is 18.2 Å². The minimum absolute atomic E-state index is 0.00432. The third kappa shape index (κ3) is 1.88. The monoisotopic (exact) mass is 355 g/mol. The van der Waals surface area contributed by atoms with E-state index in [4.69, 9.17) is 17.3 Å². The van der Waals surface area contributed by atoms with Crippen molar-refractivity contribution in [3.63, 3.8) is 0 Å². The highest BCUT2D eigenvalue weighted by Gasteiger charge is 2.56. The summed E-state index contributed by atoms with van der Waals surface area (Å²) >= 11 is 9.60. The first-order valence-corrected chi connectivity index (χ1v) is 8.10. The predicted molar refractivity (Wildman–Crippen MR) is 88.5 cm³/mol. The summed E-state index contributed by atoms with van der Waals surface area (Å²) in [6.45, 7) is 5.43. The molecule has 1 saturated carbocycles. The predicted octanol–water partition coefficient (Wildman–Crippen LogP) is 4.19. The molecule has 3 nitrogen and oxygen atoms in total. The van der Waals surface area contributed by atoms with Gasteiger partial charge in [-0.05, 0) is 52.4 Å². The molecule has 0 radical (unpaired) electrons. The van der Waals surface area contributed by atoms with Crippen molar-refractivity contribution in [2.45, 2.75) is 38.6 Å². The summed E-state index contributed by atoms with van der Waals surface area (Å²) in [7, 11) is 0. The normalized spacial score (nSPS) is 28.2. The van der Waals surface area contributed by atoms with E-state index in [1.54, 1.807) is 0 Å². The Kier molecular flexibility index (Phi) is 3.29. The fraction of sp³-hybridized carbons (Fsp3) is 0.533. The lowest BCUT2D eigenvalue weighted by molar-refractivity contribution is 0.227. The molecule has 2 aliphatic rings. The molecule has 1 fully saturated rings. The van der Waals surface area contributed by atoms with Crippen LogP contribution < -0.4 is 10.6 Å². The third-order valence-corrected chi connectivity index (χ3v) is 6.19. The fourth-order valence-electron chi connectivity index (χ4n) is 3.68. The number of nitrogens with zero attached hydrogens (tertiary/aromatic N) is 2. The van der Waals surface area contributed by atoms with Crippen LogP contribution in [0.1, 0.15) is 33.1 Å². The number of nitrogens with two attached hydrogens (primary N) is 1. The van der Waals surface area contributed by atoms with Crippen LogP contribution in [0.5, 0.6) is 0 Å². The summed E-state index contributed by atoms with van der Waals surface area (Å²) in [6, 6.07) is 5.96. The molecular weight excluding hydrogens is 338 g/mol. The lowest BCUT2D eigenvalue weighted by atomic mass is 9.74. The molecule has 1 heterocycles. The second kappa shape index (κ2) is 4.63. The molecule has 1 spiro atoms. The van der Waals surface area contributed by atoms with Gasteiger partial charge in [0, 0.05) is 10.2 Å². The minimum atomic E-state index is 0.00432.